The molecule has 2 aliphatic rings. The molecule has 2 aromatic carbocycles. The van der Waals surface area contributed by atoms with Crippen molar-refractivity contribution in [1.82, 2.24) is 4.31 Å². The first-order chi connectivity index (χ1) is 13.9. The zero-order valence-electron chi connectivity index (χ0n) is 15.4. The Morgan fingerprint density at radius 1 is 0.793 bits per heavy atom. The third kappa shape index (κ3) is 4.17. The van der Waals surface area contributed by atoms with E-state index in [1.54, 1.807) is 0 Å². The molecule has 4 rings (SSSR count). The molecule has 1 fully saturated rings. The first kappa shape index (κ1) is 20.0. The second-order valence-corrected chi connectivity index (χ2v) is 10.1. The Labute approximate surface area is 169 Å². The van der Waals surface area contributed by atoms with Crippen LogP contribution >= 0.6 is 0 Å². The van der Waals surface area contributed by atoms with Gasteiger partial charge in [0.05, 0.1) is 28.7 Å². The first-order valence-electron chi connectivity index (χ1n) is 8.97. The topological polar surface area (TPSA) is 111 Å². The lowest BCUT2D eigenvalue weighted by Gasteiger charge is -2.26. The number of nitrogens with one attached hydrogen (secondary N) is 1. The fraction of sp³-hybridized carbons (Fsp3) is 0.333. The monoisotopic (exact) mass is 440 g/mol. The molecule has 9 nitrogen and oxygen atoms in total. The Kier molecular flexibility index (Phi) is 5.38. The van der Waals surface area contributed by atoms with Crippen molar-refractivity contribution in [3.63, 3.8) is 0 Å². The molecule has 0 amide bonds. The predicted octanol–water partition coefficient (Wildman–Crippen LogP) is 1.28. The fourth-order valence-electron chi connectivity index (χ4n) is 3.06. The molecule has 1 N–H and O–H groups in total. The minimum Gasteiger partial charge on any atom is -0.486 e. The van der Waals surface area contributed by atoms with Crippen molar-refractivity contribution in [2.45, 2.75) is 9.79 Å². The van der Waals surface area contributed by atoms with Crippen molar-refractivity contribution in [3.8, 4) is 11.5 Å². The summed E-state index contributed by atoms with van der Waals surface area (Å²) in [5.74, 6) is 0.830. The van der Waals surface area contributed by atoms with E-state index in [1.165, 1.54) is 46.8 Å². The highest BCUT2D eigenvalue weighted by atomic mass is 32.2. The van der Waals surface area contributed by atoms with Gasteiger partial charge in [0, 0.05) is 19.2 Å². The van der Waals surface area contributed by atoms with Crippen LogP contribution in [0.15, 0.2) is 52.3 Å². The van der Waals surface area contributed by atoms with Gasteiger partial charge < -0.3 is 14.2 Å². The van der Waals surface area contributed by atoms with E-state index in [0.29, 0.717) is 37.9 Å². The Hall–Kier alpha value is -2.34. The van der Waals surface area contributed by atoms with Gasteiger partial charge in [-0.15, -0.1) is 0 Å². The third-order valence-corrected chi connectivity index (χ3v) is 7.79. The number of morpholine rings is 1. The van der Waals surface area contributed by atoms with Crippen molar-refractivity contribution in [2.75, 3.05) is 44.2 Å². The molecule has 0 bridgehead atoms. The molecule has 0 aliphatic carbocycles. The van der Waals surface area contributed by atoms with E-state index < -0.39 is 20.0 Å². The largest absolute Gasteiger partial charge is 0.486 e. The molecule has 2 aromatic rings. The van der Waals surface area contributed by atoms with Crippen molar-refractivity contribution >= 4 is 25.7 Å². The van der Waals surface area contributed by atoms with Crippen LogP contribution < -0.4 is 14.2 Å². The summed E-state index contributed by atoms with van der Waals surface area (Å²) in [6.45, 7) is 1.92. The van der Waals surface area contributed by atoms with Gasteiger partial charge >= 0.3 is 0 Å². The molecular formula is C18H20N2O7S2. The summed E-state index contributed by atoms with van der Waals surface area (Å²) in [5.41, 5.74) is 0.147. The molecule has 156 valence electrons. The van der Waals surface area contributed by atoms with Gasteiger partial charge in [0.25, 0.3) is 10.0 Å². The van der Waals surface area contributed by atoms with Crippen LogP contribution in [0, 0.1) is 0 Å². The molecule has 0 unspecified atom stereocenters. The molecule has 29 heavy (non-hydrogen) atoms. The summed E-state index contributed by atoms with van der Waals surface area (Å²) < 4.78 is 70.9. The molecule has 0 saturated carbocycles. The van der Waals surface area contributed by atoms with Crippen LogP contribution in [0.4, 0.5) is 5.69 Å². The summed E-state index contributed by atoms with van der Waals surface area (Å²) >= 11 is 0. The summed E-state index contributed by atoms with van der Waals surface area (Å²) in [6.07, 6.45) is 0. The highest BCUT2D eigenvalue weighted by Gasteiger charge is 2.27. The van der Waals surface area contributed by atoms with Gasteiger partial charge in [-0.2, -0.15) is 4.31 Å². The maximum atomic E-state index is 12.8. The van der Waals surface area contributed by atoms with Crippen LogP contribution in [-0.2, 0) is 24.8 Å². The van der Waals surface area contributed by atoms with Crippen molar-refractivity contribution in [2.24, 2.45) is 0 Å². The van der Waals surface area contributed by atoms with Crippen LogP contribution in [0.25, 0.3) is 0 Å². The zero-order valence-corrected chi connectivity index (χ0v) is 17.0. The van der Waals surface area contributed by atoms with Gasteiger partial charge in [0.2, 0.25) is 10.0 Å². The predicted molar refractivity (Wildman–Crippen MR) is 104 cm³/mol. The molecule has 0 spiro atoms. The second-order valence-electron chi connectivity index (χ2n) is 6.46. The maximum Gasteiger partial charge on any atom is 0.262 e. The van der Waals surface area contributed by atoms with E-state index in [0.717, 1.165) is 0 Å². The van der Waals surface area contributed by atoms with Gasteiger partial charge in [-0.1, -0.05) is 6.07 Å². The van der Waals surface area contributed by atoms with E-state index in [9.17, 15) is 16.8 Å². The van der Waals surface area contributed by atoms with E-state index in [4.69, 9.17) is 14.2 Å². The minimum absolute atomic E-state index is 0.0109. The molecule has 1 saturated heterocycles. The third-order valence-electron chi connectivity index (χ3n) is 4.52. The van der Waals surface area contributed by atoms with Crippen LogP contribution in [-0.4, -0.2) is 60.7 Å². The van der Waals surface area contributed by atoms with Gasteiger partial charge in [-0.25, -0.2) is 16.8 Å². The van der Waals surface area contributed by atoms with E-state index >= 15 is 0 Å². The van der Waals surface area contributed by atoms with Crippen LogP contribution in [0.5, 0.6) is 11.5 Å². The van der Waals surface area contributed by atoms with E-state index in [2.05, 4.69) is 4.72 Å². The molecule has 0 atom stereocenters. The number of ether oxygens (including phenoxy) is 3. The SMILES string of the molecule is O=S(=O)(Nc1cccc(S(=O)(=O)N2CCOCC2)c1)c1ccc2c(c1)OCCO2. The standard InChI is InChI=1S/C18H20N2O7S2/c21-28(22,15-4-5-17-18(13-15)27-11-10-26-17)19-14-2-1-3-16(12-14)29(23,24)20-6-8-25-9-7-20/h1-5,12-13,19H,6-11H2. The lowest BCUT2D eigenvalue weighted by atomic mass is 10.3. The summed E-state index contributed by atoms with van der Waals surface area (Å²) in [5, 5.41) is 0. The molecule has 11 heteroatoms. The summed E-state index contributed by atoms with van der Waals surface area (Å²) in [4.78, 5) is 0.00460. The van der Waals surface area contributed by atoms with Crippen molar-refractivity contribution in [1.29, 1.82) is 0 Å². The number of hydrogen-bond acceptors (Lipinski definition) is 7. The van der Waals surface area contributed by atoms with E-state index in [1.807, 2.05) is 0 Å². The van der Waals surface area contributed by atoms with Crippen molar-refractivity contribution in [3.05, 3.63) is 42.5 Å². The Bertz CT molecular complexity index is 1110. The minimum atomic E-state index is -3.95. The smallest absolute Gasteiger partial charge is 0.262 e. The highest BCUT2D eigenvalue weighted by Crippen LogP contribution is 2.33. The zero-order chi connectivity index (χ0) is 20.5. The van der Waals surface area contributed by atoms with Crippen LogP contribution in [0.1, 0.15) is 0 Å². The molecule has 0 aromatic heterocycles. The quantitative estimate of drug-likeness (QED) is 0.745. The lowest BCUT2D eigenvalue weighted by molar-refractivity contribution is 0.0730. The number of nitrogens with zero attached hydrogens (tertiary/aromatic N) is 1. The highest BCUT2D eigenvalue weighted by molar-refractivity contribution is 7.92. The van der Waals surface area contributed by atoms with Crippen LogP contribution in [0.3, 0.4) is 0 Å². The summed E-state index contributed by atoms with van der Waals surface area (Å²) in [6, 6.07) is 10.0. The Morgan fingerprint density at radius 2 is 1.52 bits per heavy atom. The second kappa shape index (κ2) is 7.82. The Morgan fingerprint density at radius 3 is 2.28 bits per heavy atom. The normalized spacial score (nSPS) is 17.7. The van der Waals surface area contributed by atoms with Crippen LogP contribution in [0.2, 0.25) is 0 Å². The fourth-order valence-corrected chi connectivity index (χ4v) is 5.58. The number of benzene rings is 2. The first-order valence-corrected chi connectivity index (χ1v) is 11.9. The molecule has 2 heterocycles. The molecular weight excluding hydrogens is 420 g/mol. The van der Waals surface area contributed by atoms with Gasteiger partial charge in [0.15, 0.2) is 11.5 Å². The lowest BCUT2D eigenvalue weighted by Crippen LogP contribution is -2.40. The van der Waals surface area contributed by atoms with E-state index in [-0.39, 0.29) is 28.6 Å². The van der Waals surface area contributed by atoms with Crippen molar-refractivity contribution < 1.29 is 31.0 Å². The maximum absolute atomic E-state index is 12.8. The molecule has 2 aliphatic heterocycles. The van der Waals surface area contributed by atoms with Gasteiger partial charge in [-0.3, -0.25) is 4.72 Å². The van der Waals surface area contributed by atoms with Gasteiger partial charge in [0.1, 0.15) is 13.2 Å². The number of anilines is 1. The number of fused-ring (bicyclic) bond motifs is 1. The average molecular weight is 440 g/mol. The number of rotatable bonds is 5. The molecule has 0 radical (unpaired) electrons. The van der Waals surface area contributed by atoms with Gasteiger partial charge in [-0.05, 0) is 30.3 Å². The average Bonchev–Trinajstić information content (AvgIpc) is 2.74. The Balaban J connectivity index is 1.59. The number of hydrogen-bond donors (Lipinski definition) is 1. The number of sulfonamides is 2. The summed E-state index contributed by atoms with van der Waals surface area (Å²) in [7, 11) is -7.68.